The van der Waals surface area contributed by atoms with Crippen molar-refractivity contribution in [1.29, 1.82) is 0 Å². The molecule has 0 aliphatic carbocycles. The van der Waals surface area contributed by atoms with Gasteiger partial charge in [0.1, 0.15) is 0 Å². The van der Waals surface area contributed by atoms with Crippen molar-refractivity contribution < 1.29 is 9.90 Å². The molecule has 0 spiro atoms. The van der Waals surface area contributed by atoms with Crippen molar-refractivity contribution in [2.75, 3.05) is 0 Å². The normalized spacial score (nSPS) is 13.2. The second-order valence-electron chi connectivity index (χ2n) is 4.18. The standard InChI is InChI=1S/C16H20O2/c1-2-3-4-5-6-10-13-15(16(17)18)14-11-8-7-9-12-14/h4-12,15H,2-3,13H2,1H3,(H,17,18). The lowest BCUT2D eigenvalue weighted by molar-refractivity contribution is -0.138. The van der Waals surface area contributed by atoms with Gasteiger partial charge in [-0.3, -0.25) is 4.79 Å². The third kappa shape index (κ3) is 5.00. The lowest BCUT2D eigenvalue weighted by atomic mass is 9.96. The molecular formula is C16H20O2. The highest BCUT2D eigenvalue weighted by molar-refractivity contribution is 5.76. The van der Waals surface area contributed by atoms with Crippen LogP contribution in [0.4, 0.5) is 0 Å². The van der Waals surface area contributed by atoms with E-state index in [0.717, 1.165) is 18.4 Å². The van der Waals surface area contributed by atoms with Crippen LogP contribution in [0.15, 0.2) is 54.6 Å². The fraction of sp³-hybridized carbons (Fsp3) is 0.312. The van der Waals surface area contributed by atoms with E-state index in [1.807, 2.05) is 48.6 Å². The van der Waals surface area contributed by atoms with E-state index >= 15 is 0 Å². The van der Waals surface area contributed by atoms with Crippen molar-refractivity contribution in [3.05, 3.63) is 60.2 Å². The van der Waals surface area contributed by atoms with E-state index in [2.05, 4.69) is 13.0 Å². The number of carbonyl (C=O) groups is 1. The van der Waals surface area contributed by atoms with Gasteiger partial charge < -0.3 is 5.11 Å². The molecule has 0 aromatic heterocycles. The van der Waals surface area contributed by atoms with Crippen molar-refractivity contribution in [3.63, 3.8) is 0 Å². The van der Waals surface area contributed by atoms with Crippen LogP contribution >= 0.6 is 0 Å². The maximum atomic E-state index is 11.2. The van der Waals surface area contributed by atoms with Crippen LogP contribution in [0, 0.1) is 0 Å². The molecule has 0 fully saturated rings. The van der Waals surface area contributed by atoms with Crippen molar-refractivity contribution in [3.8, 4) is 0 Å². The van der Waals surface area contributed by atoms with E-state index in [0.29, 0.717) is 6.42 Å². The number of aliphatic carboxylic acids is 1. The molecule has 18 heavy (non-hydrogen) atoms. The number of rotatable bonds is 7. The summed E-state index contributed by atoms with van der Waals surface area (Å²) >= 11 is 0. The summed E-state index contributed by atoms with van der Waals surface area (Å²) in [5.74, 6) is -1.23. The second kappa shape index (κ2) is 8.29. The van der Waals surface area contributed by atoms with E-state index in [-0.39, 0.29) is 0 Å². The largest absolute Gasteiger partial charge is 0.481 e. The van der Waals surface area contributed by atoms with Gasteiger partial charge in [-0.05, 0) is 18.4 Å². The lowest BCUT2D eigenvalue weighted by Crippen LogP contribution is -2.10. The first-order valence-corrected chi connectivity index (χ1v) is 6.35. The molecule has 1 rings (SSSR count). The van der Waals surface area contributed by atoms with Gasteiger partial charge in [0.15, 0.2) is 0 Å². The summed E-state index contributed by atoms with van der Waals surface area (Å²) in [5.41, 5.74) is 0.854. The third-order valence-electron chi connectivity index (χ3n) is 2.71. The molecule has 0 amide bonds. The topological polar surface area (TPSA) is 37.3 Å². The molecule has 1 atom stereocenters. The number of unbranched alkanes of at least 4 members (excludes halogenated alkanes) is 1. The number of hydrogen-bond acceptors (Lipinski definition) is 1. The van der Waals surface area contributed by atoms with Crippen molar-refractivity contribution >= 4 is 5.97 Å². The maximum Gasteiger partial charge on any atom is 0.311 e. The Hall–Kier alpha value is -1.83. The average molecular weight is 244 g/mol. The van der Waals surface area contributed by atoms with Crippen molar-refractivity contribution in [2.24, 2.45) is 0 Å². The number of carboxylic acid groups (broad SMARTS) is 1. The molecule has 2 heteroatoms. The Balaban J connectivity index is 2.58. The van der Waals surface area contributed by atoms with Crippen LogP contribution in [0.3, 0.4) is 0 Å². The summed E-state index contributed by atoms with van der Waals surface area (Å²) < 4.78 is 0. The Kier molecular flexibility index (Phi) is 6.55. The highest BCUT2D eigenvalue weighted by Gasteiger charge is 2.17. The highest BCUT2D eigenvalue weighted by atomic mass is 16.4. The molecule has 0 aliphatic rings. The third-order valence-corrected chi connectivity index (χ3v) is 2.71. The minimum Gasteiger partial charge on any atom is -0.481 e. The van der Waals surface area contributed by atoms with Crippen LogP contribution in [-0.4, -0.2) is 11.1 Å². The van der Waals surface area contributed by atoms with Crippen LogP contribution in [0.25, 0.3) is 0 Å². The van der Waals surface area contributed by atoms with Crippen LogP contribution < -0.4 is 0 Å². The summed E-state index contributed by atoms with van der Waals surface area (Å²) in [7, 11) is 0. The molecule has 1 N–H and O–H groups in total. The van der Waals surface area contributed by atoms with Gasteiger partial charge in [0.05, 0.1) is 5.92 Å². The van der Waals surface area contributed by atoms with Gasteiger partial charge >= 0.3 is 5.97 Å². The average Bonchev–Trinajstić information content (AvgIpc) is 2.38. The molecule has 1 aromatic rings. The van der Waals surface area contributed by atoms with Gasteiger partial charge in [-0.15, -0.1) is 0 Å². The van der Waals surface area contributed by atoms with Crippen molar-refractivity contribution in [2.45, 2.75) is 32.1 Å². The summed E-state index contributed by atoms with van der Waals surface area (Å²) in [5, 5.41) is 9.22. The first-order valence-electron chi connectivity index (χ1n) is 6.35. The van der Waals surface area contributed by atoms with Crippen LogP contribution in [-0.2, 0) is 4.79 Å². The molecule has 2 nitrogen and oxygen atoms in total. The van der Waals surface area contributed by atoms with Gasteiger partial charge in [0.25, 0.3) is 0 Å². The molecule has 0 radical (unpaired) electrons. The first kappa shape index (κ1) is 14.2. The van der Waals surface area contributed by atoms with Crippen molar-refractivity contribution in [1.82, 2.24) is 0 Å². The summed E-state index contributed by atoms with van der Waals surface area (Å²) in [6, 6.07) is 9.36. The summed E-state index contributed by atoms with van der Waals surface area (Å²) in [4.78, 5) is 11.2. The van der Waals surface area contributed by atoms with Crippen LogP contribution in [0.5, 0.6) is 0 Å². The minimum absolute atomic E-state index is 0.456. The lowest BCUT2D eigenvalue weighted by Gasteiger charge is -2.09. The zero-order valence-corrected chi connectivity index (χ0v) is 10.8. The fourth-order valence-electron chi connectivity index (χ4n) is 1.70. The Labute approximate surface area is 109 Å². The zero-order valence-electron chi connectivity index (χ0n) is 10.8. The molecule has 96 valence electrons. The number of allylic oxidation sites excluding steroid dienone is 4. The van der Waals surface area contributed by atoms with E-state index in [9.17, 15) is 9.90 Å². The SMILES string of the molecule is CCCC=CC=CCC(C(=O)O)c1ccccc1. The highest BCUT2D eigenvalue weighted by Crippen LogP contribution is 2.20. The van der Waals surface area contributed by atoms with Gasteiger partial charge in [-0.25, -0.2) is 0 Å². The Morgan fingerprint density at radius 1 is 1.22 bits per heavy atom. The van der Waals surface area contributed by atoms with Gasteiger partial charge in [-0.2, -0.15) is 0 Å². The molecule has 0 heterocycles. The monoisotopic (exact) mass is 244 g/mol. The molecule has 0 aliphatic heterocycles. The fourth-order valence-corrected chi connectivity index (χ4v) is 1.70. The Morgan fingerprint density at radius 2 is 1.89 bits per heavy atom. The van der Waals surface area contributed by atoms with E-state index in [1.165, 1.54) is 0 Å². The van der Waals surface area contributed by atoms with E-state index < -0.39 is 11.9 Å². The maximum absolute atomic E-state index is 11.2. The molecule has 0 bridgehead atoms. The predicted octanol–water partition coefficient (Wildman–Crippen LogP) is 4.16. The molecular weight excluding hydrogens is 224 g/mol. The Bertz CT molecular complexity index is 404. The van der Waals surface area contributed by atoms with E-state index in [1.54, 1.807) is 0 Å². The van der Waals surface area contributed by atoms with Crippen LogP contribution in [0.2, 0.25) is 0 Å². The molecule has 0 saturated heterocycles. The number of hydrogen-bond donors (Lipinski definition) is 1. The van der Waals surface area contributed by atoms with Gasteiger partial charge in [0, 0.05) is 0 Å². The minimum atomic E-state index is -0.775. The molecule has 1 unspecified atom stereocenters. The zero-order chi connectivity index (χ0) is 13.2. The summed E-state index contributed by atoms with van der Waals surface area (Å²) in [6.07, 6.45) is 10.6. The van der Waals surface area contributed by atoms with E-state index in [4.69, 9.17) is 0 Å². The van der Waals surface area contributed by atoms with Gasteiger partial charge in [-0.1, -0.05) is 68.0 Å². The second-order valence-corrected chi connectivity index (χ2v) is 4.18. The predicted molar refractivity (Wildman–Crippen MR) is 74.6 cm³/mol. The molecule has 1 aromatic carbocycles. The molecule has 0 saturated carbocycles. The smallest absolute Gasteiger partial charge is 0.311 e. The summed E-state index contributed by atoms with van der Waals surface area (Å²) in [6.45, 7) is 2.13. The quantitative estimate of drug-likeness (QED) is 0.731. The Morgan fingerprint density at radius 3 is 2.50 bits per heavy atom. The van der Waals surface area contributed by atoms with Gasteiger partial charge in [0.2, 0.25) is 0 Å². The first-order chi connectivity index (χ1) is 8.75. The number of carboxylic acids is 1. The number of benzene rings is 1. The van der Waals surface area contributed by atoms with Crippen LogP contribution in [0.1, 0.15) is 37.7 Å².